The molecule has 0 bridgehead atoms. The number of Topliss-reactive ketones (excluding diaryl/α,β-unsaturated/α-hetero) is 1. The first-order valence-electron chi connectivity index (χ1n) is 10.5. The Morgan fingerprint density at radius 1 is 1.16 bits per heavy atom. The average molecular weight is 436 g/mol. The third-order valence-corrected chi connectivity index (χ3v) is 5.72. The topological polar surface area (TPSA) is 82.2 Å². The van der Waals surface area contributed by atoms with Crippen molar-refractivity contribution < 1.29 is 24.0 Å². The molecule has 166 valence electrons. The maximum atomic E-state index is 14.8. The fourth-order valence-corrected chi connectivity index (χ4v) is 4.24. The molecule has 1 aromatic carbocycles. The van der Waals surface area contributed by atoms with Gasteiger partial charge in [0.15, 0.2) is 0 Å². The maximum absolute atomic E-state index is 14.8. The number of imidazole rings is 1. The molecule has 0 aliphatic carbocycles. The van der Waals surface area contributed by atoms with Gasteiger partial charge in [0.05, 0.1) is 38.1 Å². The summed E-state index contributed by atoms with van der Waals surface area (Å²) in [4.78, 5) is 33.0. The van der Waals surface area contributed by atoms with E-state index in [1.54, 1.807) is 41.8 Å². The van der Waals surface area contributed by atoms with Crippen molar-refractivity contribution in [2.45, 2.75) is 19.4 Å². The number of halogens is 1. The fraction of sp³-hybridized carbons (Fsp3) is 0.292. The number of benzene rings is 1. The van der Waals surface area contributed by atoms with Gasteiger partial charge < -0.3 is 19.3 Å². The van der Waals surface area contributed by atoms with E-state index in [0.717, 1.165) is 6.54 Å². The van der Waals surface area contributed by atoms with Gasteiger partial charge in [-0.1, -0.05) is 30.0 Å². The van der Waals surface area contributed by atoms with Crippen LogP contribution in [0.25, 0.3) is 11.4 Å². The standard InChI is InChI=1S/C24H25FN4O3/c1-15-20(28-13-7-6-11-18(28)26-15)22(30)19-21(16-9-4-5-10-17(16)25)29(24(32)23(19)31)14-8-12-27(2)3/h4-7,9-11,13,21,30H,8,12,14H2,1-3H3/b22-19+. The lowest BCUT2D eigenvalue weighted by Gasteiger charge is -2.28. The number of aromatic nitrogens is 2. The summed E-state index contributed by atoms with van der Waals surface area (Å²) in [5.74, 6) is -2.83. The van der Waals surface area contributed by atoms with Crippen LogP contribution in [0.5, 0.6) is 0 Å². The molecule has 7 nitrogen and oxygen atoms in total. The molecule has 3 heterocycles. The van der Waals surface area contributed by atoms with Crippen LogP contribution < -0.4 is 10.0 Å². The molecule has 1 aliphatic rings. The minimum absolute atomic E-state index is 0.138. The number of aryl methyl sites for hydroxylation is 1. The van der Waals surface area contributed by atoms with E-state index in [1.807, 2.05) is 14.1 Å². The van der Waals surface area contributed by atoms with E-state index in [1.165, 1.54) is 28.0 Å². The van der Waals surface area contributed by atoms with Gasteiger partial charge in [0.25, 0.3) is 5.91 Å². The van der Waals surface area contributed by atoms with Crippen molar-refractivity contribution in [3.05, 3.63) is 77.0 Å². The number of pyridine rings is 1. The molecule has 0 radical (unpaired) electrons. The monoisotopic (exact) mass is 436 g/mol. The van der Waals surface area contributed by atoms with Crippen molar-refractivity contribution >= 4 is 23.1 Å². The number of likely N-dealkylation sites (tertiary alicyclic amines) is 1. The third-order valence-electron chi connectivity index (χ3n) is 5.72. The number of quaternary nitrogens is 1. The van der Waals surface area contributed by atoms with E-state index < -0.39 is 29.3 Å². The van der Waals surface area contributed by atoms with Gasteiger partial charge in [-0.25, -0.2) is 9.37 Å². The van der Waals surface area contributed by atoms with Crippen LogP contribution in [0.4, 0.5) is 4.39 Å². The summed E-state index contributed by atoms with van der Waals surface area (Å²) in [7, 11) is 3.97. The number of nitrogens with zero attached hydrogens (tertiary/aromatic N) is 3. The number of ketones is 1. The van der Waals surface area contributed by atoms with E-state index in [0.29, 0.717) is 17.8 Å². The highest BCUT2D eigenvalue weighted by atomic mass is 19.1. The van der Waals surface area contributed by atoms with Gasteiger partial charge in [0.1, 0.15) is 11.5 Å². The van der Waals surface area contributed by atoms with E-state index in [9.17, 15) is 19.1 Å². The predicted octanol–water partition coefficient (Wildman–Crippen LogP) is 0.540. The Morgan fingerprint density at radius 3 is 2.59 bits per heavy atom. The van der Waals surface area contributed by atoms with E-state index >= 15 is 0 Å². The van der Waals surface area contributed by atoms with Crippen LogP contribution in [-0.2, 0) is 9.59 Å². The summed E-state index contributed by atoms with van der Waals surface area (Å²) in [5, 5.41) is 13.7. The third kappa shape index (κ3) is 3.67. The maximum Gasteiger partial charge on any atom is 0.295 e. The quantitative estimate of drug-likeness (QED) is 0.347. The zero-order valence-electron chi connectivity index (χ0n) is 18.3. The predicted molar refractivity (Wildman–Crippen MR) is 115 cm³/mol. The Morgan fingerprint density at radius 2 is 1.88 bits per heavy atom. The van der Waals surface area contributed by atoms with Crippen LogP contribution >= 0.6 is 0 Å². The highest BCUT2D eigenvalue weighted by Gasteiger charge is 2.45. The summed E-state index contributed by atoms with van der Waals surface area (Å²) in [5.41, 5.74) is 1.11. The molecule has 1 N–H and O–H groups in total. The van der Waals surface area contributed by atoms with Crippen LogP contribution in [0.15, 0.2) is 54.2 Å². The fourth-order valence-electron chi connectivity index (χ4n) is 4.24. The number of hydrogen-bond acceptors (Lipinski definition) is 4. The van der Waals surface area contributed by atoms with Crippen molar-refractivity contribution in [1.82, 2.24) is 14.3 Å². The second-order valence-corrected chi connectivity index (χ2v) is 8.28. The van der Waals surface area contributed by atoms with Gasteiger partial charge in [0.2, 0.25) is 5.78 Å². The SMILES string of the molecule is Cc1nc2ccccn2c1/C([O-])=C1\C(=O)C(=O)N(CCC[NH+](C)C)C1c1ccccc1F. The summed E-state index contributed by atoms with van der Waals surface area (Å²) < 4.78 is 16.4. The van der Waals surface area contributed by atoms with Gasteiger partial charge in [-0.2, -0.15) is 0 Å². The first-order chi connectivity index (χ1) is 15.3. The Labute approximate surface area is 185 Å². The van der Waals surface area contributed by atoms with Crippen molar-refractivity contribution in [3.63, 3.8) is 0 Å². The second-order valence-electron chi connectivity index (χ2n) is 8.28. The number of fused-ring (bicyclic) bond motifs is 1. The van der Waals surface area contributed by atoms with Crippen molar-refractivity contribution in [3.8, 4) is 0 Å². The Bertz CT molecular complexity index is 1230. The first-order valence-corrected chi connectivity index (χ1v) is 10.5. The number of carbonyl (C=O) groups excluding carboxylic acids is 2. The average Bonchev–Trinajstić information content (AvgIpc) is 3.22. The molecule has 3 aromatic rings. The Kier molecular flexibility index (Phi) is 5.80. The number of amides is 1. The Hall–Kier alpha value is -3.52. The second kappa shape index (κ2) is 8.55. The summed E-state index contributed by atoms with van der Waals surface area (Å²) >= 11 is 0. The lowest BCUT2D eigenvalue weighted by atomic mass is 9.95. The molecular formula is C24H25FN4O3. The lowest BCUT2D eigenvalue weighted by Crippen LogP contribution is -3.05. The van der Waals surface area contributed by atoms with E-state index in [-0.39, 0.29) is 23.4 Å². The number of carbonyl (C=O) groups is 2. The van der Waals surface area contributed by atoms with Gasteiger partial charge in [0, 0.05) is 30.3 Å². The Balaban J connectivity index is 1.90. The molecule has 0 spiro atoms. The molecule has 0 saturated carbocycles. The van der Waals surface area contributed by atoms with Gasteiger partial charge in [-0.05, 0) is 25.1 Å². The number of hydrogen-bond donors (Lipinski definition) is 1. The van der Waals surface area contributed by atoms with Crippen LogP contribution in [0.2, 0.25) is 0 Å². The molecule has 32 heavy (non-hydrogen) atoms. The highest BCUT2D eigenvalue weighted by Crippen LogP contribution is 2.40. The van der Waals surface area contributed by atoms with E-state index in [4.69, 9.17) is 0 Å². The van der Waals surface area contributed by atoms with Gasteiger partial charge in [-0.15, -0.1) is 0 Å². The van der Waals surface area contributed by atoms with Crippen molar-refractivity contribution in [2.24, 2.45) is 0 Å². The minimum atomic E-state index is -1.07. The molecule has 2 aromatic heterocycles. The smallest absolute Gasteiger partial charge is 0.295 e. The van der Waals surface area contributed by atoms with Crippen molar-refractivity contribution in [1.29, 1.82) is 0 Å². The molecule has 1 saturated heterocycles. The van der Waals surface area contributed by atoms with Gasteiger partial charge >= 0.3 is 0 Å². The number of nitrogens with one attached hydrogen (secondary N) is 1. The first kappa shape index (κ1) is 21.7. The molecule has 1 fully saturated rings. The van der Waals surface area contributed by atoms with Gasteiger partial charge in [-0.3, -0.25) is 9.59 Å². The summed E-state index contributed by atoms with van der Waals surface area (Å²) in [6.07, 6.45) is 2.29. The minimum Gasteiger partial charge on any atom is -0.871 e. The molecule has 1 amide bonds. The normalized spacial score (nSPS) is 18.3. The highest BCUT2D eigenvalue weighted by molar-refractivity contribution is 6.46. The summed E-state index contributed by atoms with van der Waals surface area (Å²) in [6.45, 7) is 2.69. The molecular weight excluding hydrogens is 411 g/mol. The molecule has 4 rings (SSSR count). The largest absolute Gasteiger partial charge is 0.871 e. The van der Waals surface area contributed by atoms with E-state index in [2.05, 4.69) is 4.98 Å². The van der Waals surface area contributed by atoms with Crippen LogP contribution in [0.3, 0.4) is 0 Å². The van der Waals surface area contributed by atoms with Crippen LogP contribution in [-0.4, -0.2) is 53.2 Å². The zero-order valence-corrected chi connectivity index (χ0v) is 18.3. The summed E-state index contributed by atoms with van der Waals surface area (Å²) in [6, 6.07) is 10.2. The molecule has 8 heteroatoms. The zero-order chi connectivity index (χ0) is 23.0. The molecule has 1 unspecified atom stereocenters. The number of rotatable bonds is 6. The molecule has 1 aliphatic heterocycles. The van der Waals surface area contributed by atoms with Crippen molar-refractivity contribution in [2.75, 3.05) is 27.2 Å². The molecule has 1 atom stereocenters. The van der Waals surface area contributed by atoms with Crippen LogP contribution in [0.1, 0.15) is 29.4 Å². The lowest BCUT2D eigenvalue weighted by molar-refractivity contribution is -0.858. The van der Waals surface area contributed by atoms with Crippen LogP contribution in [0, 0.1) is 12.7 Å².